The molecule has 4 rings (SSSR count). The third-order valence-corrected chi connectivity index (χ3v) is 6.75. The van der Waals surface area contributed by atoms with Crippen molar-refractivity contribution in [1.29, 1.82) is 0 Å². The molecule has 6 atom stereocenters. The molecule has 0 amide bonds. The first-order valence-corrected chi connectivity index (χ1v) is 11.4. The monoisotopic (exact) mass is 448 g/mol. The van der Waals surface area contributed by atoms with Gasteiger partial charge in [0.05, 0.1) is 12.0 Å². The SMILES string of the molecule is C[C@@H]1C[C@H]1CSc1nn([C@@H]2O[C@H](COS(N)(=O)=O)[C@@H](O)[C@@H]2F)c2ncnc(N)c12. The van der Waals surface area contributed by atoms with Gasteiger partial charge in [0.1, 0.15) is 29.4 Å². The fraction of sp³-hybridized carbons (Fsp3) is 0.667. The van der Waals surface area contributed by atoms with E-state index < -0.39 is 41.5 Å². The lowest BCUT2D eigenvalue weighted by Gasteiger charge is -2.14. The summed E-state index contributed by atoms with van der Waals surface area (Å²) in [5.74, 6) is 2.28. The highest BCUT2D eigenvalue weighted by Gasteiger charge is 2.47. The van der Waals surface area contributed by atoms with Gasteiger partial charge in [-0.05, 0) is 18.3 Å². The van der Waals surface area contributed by atoms with Crippen LogP contribution in [0.15, 0.2) is 11.4 Å². The van der Waals surface area contributed by atoms with E-state index in [4.69, 9.17) is 15.6 Å². The lowest BCUT2D eigenvalue weighted by Crippen LogP contribution is -2.33. The number of nitrogen functional groups attached to an aromatic ring is 1. The minimum absolute atomic E-state index is 0.204. The fourth-order valence-electron chi connectivity index (χ4n) is 3.26. The van der Waals surface area contributed by atoms with Gasteiger partial charge in [-0.2, -0.15) is 13.5 Å². The number of nitrogens with two attached hydrogens (primary N) is 2. The van der Waals surface area contributed by atoms with Crippen molar-refractivity contribution in [1.82, 2.24) is 19.7 Å². The summed E-state index contributed by atoms with van der Waals surface area (Å²) >= 11 is 1.48. The molecule has 0 spiro atoms. The van der Waals surface area contributed by atoms with Gasteiger partial charge in [-0.3, -0.25) is 4.18 Å². The predicted octanol–water partition coefficient (Wildman–Crippen LogP) is -0.0269. The van der Waals surface area contributed by atoms with Gasteiger partial charge < -0.3 is 15.6 Å². The summed E-state index contributed by atoms with van der Waals surface area (Å²) in [6.45, 7) is 1.54. The number of anilines is 1. The minimum atomic E-state index is -4.26. The summed E-state index contributed by atoms with van der Waals surface area (Å²) < 4.78 is 47.9. The molecule has 2 aromatic rings. The number of hydrogen-bond acceptors (Lipinski definition) is 10. The quantitative estimate of drug-likeness (QED) is 0.489. The number of alkyl halides is 1. The summed E-state index contributed by atoms with van der Waals surface area (Å²) in [5.41, 5.74) is 6.26. The van der Waals surface area contributed by atoms with Gasteiger partial charge in [0, 0.05) is 5.75 Å². The fourth-order valence-corrected chi connectivity index (χ4v) is 4.91. The topological polar surface area (TPSA) is 168 Å². The molecule has 1 aliphatic carbocycles. The highest BCUT2D eigenvalue weighted by Crippen LogP contribution is 2.43. The molecule has 1 saturated carbocycles. The molecule has 3 heterocycles. The molecular weight excluding hydrogens is 427 g/mol. The van der Waals surface area contributed by atoms with Crippen molar-refractivity contribution in [3.8, 4) is 0 Å². The van der Waals surface area contributed by atoms with Crippen LogP contribution in [-0.2, 0) is 19.2 Å². The van der Waals surface area contributed by atoms with Crippen LogP contribution in [0.3, 0.4) is 0 Å². The second kappa shape index (κ2) is 7.59. The summed E-state index contributed by atoms with van der Waals surface area (Å²) in [4.78, 5) is 8.14. The smallest absolute Gasteiger partial charge is 0.333 e. The molecule has 2 fully saturated rings. The Morgan fingerprint density at radius 1 is 1.48 bits per heavy atom. The molecule has 1 aliphatic heterocycles. The Morgan fingerprint density at radius 2 is 2.21 bits per heavy atom. The summed E-state index contributed by atoms with van der Waals surface area (Å²) in [6.07, 6.45) is -3.75. The van der Waals surface area contributed by atoms with Crippen LogP contribution in [0.25, 0.3) is 11.0 Å². The molecule has 2 aromatic heterocycles. The van der Waals surface area contributed by atoms with Gasteiger partial charge in [0.15, 0.2) is 18.0 Å². The van der Waals surface area contributed by atoms with Crippen LogP contribution in [-0.4, -0.2) is 64.0 Å². The number of ether oxygens (including phenoxy) is 1. The van der Waals surface area contributed by atoms with Crippen LogP contribution in [0.1, 0.15) is 19.6 Å². The number of rotatable bonds is 7. The van der Waals surface area contributed by atoms with E-state index in [9.17, 15) is 17.9 Å². The Labute approximate surface area is 170 Å². The molecule has 2 aliphatic rings. The molecule has 11 nitrogen and oxygen atoms in total. The number of nitrogens with zero attached hydrogens (tertiary/aromatic N) is 4. The third-order valence-electron chi connectivity index (χ3n) is 5.13. The van der Waals surface area contributed by atoms with Crippen LogP contribution in [0, 0.1) is 11.8 Å². The number of fused-ring (bicyclic) bond motifs is 1. The van der Waals surface area contributed by atoms with E-state index in [1.807, 2.05) is 0 Å². The Balaban J connectivity index is 1.62. The zero-order valence-electron chi connectivity index (χ0n) is 15.4. The number of aliphatic hydroxyl groups excluding tert-OH is 1. The van der Waals surface area contributed by atoms with E-state index >= 15 is 0 Å². The molecule has 1 saturated heterocycles. The summed E-state index contributed by atoms with van der Waals surface area (Å²) in [6, 6.07) is 0. The Morgan fingerprint density at radius 3 is 2.86 bits per heavy atom. The number of aliphatic hydroxyl groups is 1. The predicted molar refractivity (Wildman–Crippen MR) is 102 cm³/mol. The average Bonchev–Trinajstić information content (AvgIpc) is 3.11. The maximum absolute atomic E-state index is 14.8. The maximum Gasteiger partial charge on any atom is 0.333 e. The maximum atomic E-state index is 14.8. The van der Waals surface area contributed by atoms with Crippen molar-refractivity contribution in [2.24, 2.45) is 17.0 Å². The summed E-state index contributed by atoms with van der Waals surface area (Å²) in [5, 5.41) is 20.3. The zero-order chi connectivity index (χ0) is 20.9. The average molecular weight is 449 g/mol. The second-order valence-electron chi connectivity index (χ2n) is 7.27. The molecule has 0 bridgehead atoms. The first-order valence-electron chi connectivity index (χ1n) is 8.92. The number of thioether (sulfide) groups is 1. The highest BCUT2D eigenvalue weighted by molar-refractivity contribution is 7.99. The van der Waals surface area contributed by atoms with E-state index in [1.54, 1.807) is 0 Å². The molecule has 5 N–H and O–H groups in total. The van der Waals surface area contributed by atoms with E-state index in [0.29, 0.717) is 22.2 Å². The first-order chi connectivity index (χ1) is 13.7. The Bertz CT molecular complexity index is 1020. The van der Waals surface area contributed by atoms with Gasteiger partial charge >= 0.3 is 10.3 Å². The van der Waals surface area contributed by atoms with Crippen molar-refractivity contribution < 1.29 is 26.8 Å². The normalized spacial score (nSPS) is 32.1. The van der Waals surface area contributed by atoms with Gasteiger partial charge in [0.2, 0.25) is 0 Å². The zero-order valence-corrected chi connectivity index (χ0v) is 17.0. The van der Waals surface area contributed by atoms with Crippen LogP contribution in [0.2, 0.25) is 0 Å². The van der Waals surface area contributed by atoms with Gasteiger partial charge in [-0.1, -0.05) is 6.92 Å². The molecule has 0 aromatic carbocycles. The Hall–Kier alpha value is -1.58. The van der Waals surface area contributed by atoms with E-state index in [2.05, 4.69) is 26.2 Å². The van der Waals surface area contributed by atoms with Crippen molar-refractivity contribution in [3.05, 3.63) is 6.33 Å². The molecule has 160 valence electrons. The van der Waals surface area contributed by atoms with Crippen LogP contribution < -0.4 is 10.9 Å². The van der Waals surface area contributed by atoms with Crippen molar-refractivity contribution in [2.75, 3.05) is 18.1 Å². The Kier molecular flexibility index (Phi) is 5.41. The minimum Gasteiger partial charge on any atom is -0.387 e. The molecule has 14 heteroatoms. The van der Waals surface area contributed by atoms with Crippen molar-refractivity contribution in [3.63, 3.8) is 0 Å². The van der Waals surface area contributed by atoms with Gasteiger partial charge in [-0.25, -0.2) is 24.2 Å². The largest absolute Gasteiger partial charge is 0.387 e. The molecular formula is C15H21FN6O5S2. The third kappa shape index (κ3) is 4.18. The van der Waals surface area contributed by atoms with E-state index in [-0.39, 0.29) is 11.5 Å². The number of aromatic nitrogens is 4. The molecule has 29 heavy (non-hydrogen) atoms. The second-order valence-corrected chi connectivity index (χ2v) is 9.50. The highest BCUT2D eigenvalue weighted by atomic mass is 32.2. The van der Waals surface area contributed by atoms with E-state index in [0.717, 1.165) is 12.2 Å². The first kappa shape index (κ1) is 20.7. The lowest BCUT2D eigenvalue weighted by molar-refractivity contribution is -0.0456. The number of hydrogen-bond donors (Lipinski definition) is 3. The van der Waals surface area contributed by atoms with Crippen molar-refractivity contribution >= 4 is 38.9 Å². The van der Waals surface area contributed by atoms with Gasteiger partial charge in [0.25, 0.3) is 0 Å². The van der Waals surface area contributed by atoms with Crippen LogP contribution >= 0.6 is 11.8 Å². The standard InChI is InChI=1S/C15H21FN6O5S2/c1-6-2-7(6)4-28-14-9-12(17)19-5-20-13(9)22(21-14)15-10(16)11(23)8(27-15)3-26-29(18,24)25/h5-8,10-11,15,23H,2-4H2,1H3,(H2,17,19,20)(H2,18,24,25)/t6-,7+,8-,10+,11-,15-/m1/s1. The van der Waals surface area contributed by atoms with E-state index in [1.165, 1.54) is 22.8 Å². The lowest BCUT2D eigenvalue weighted by atomic mass is 10.1. The molecule has 0 radical (unpaired) electrons. The summed E-state index contributed by atoms with van der Waals surface area (Å²) in [7, 11) is -4.26. The molecule has 0 unspecified atom stereocenters. The van der Waals surface area contributed by atoms with Crippen LogP contribution in [0.4, 0.5) is 10.2 Å². The number of halogens is 1. The van der Waals surface area contributed by atoms with Crippen LogP contribution in [0.5, 0.6) is 0 Å². The van der Waals surface area contributed by atoms with Gasteiger partial charge in [-0.15, -0.1) is 11.8 Å². The van der Waals surface area contributed by atoms with Crippen molar-refractivity contribution in [2.45, 2.75) is 43.0 Å².